The number of nitrogens with zero attached hydrogens (tertiary/aromatic N) is 1. The Kier molecular flexibility index (Phi) is 4.18. The van der Waals surface area contributed by atoms with E-state index in [1.165, 1.54) is 5.38 Å². The molecule has 0 bridgehead atoms. The highest BCUT2D eigenvalue weighted by Gasteiger charge is 2.15. The van der Waals surface area contributed by atoms with Gasteiger partial charge < -0.3 is 10.4 Å². The van der Waals surface area contributed by atoms with Crippen LogP contribution in [0.25, 0.3) is 0 Å². The van der Waals surface area contributed by atoms with Gasteiger partial charge in [0.25, 0.3) is 5.91 Å². The second-order valence-electron chi connectivity index (χ2n) is 3.42. The van der Waals surface area contributed by atoms with Gasteiger partial charge in [-0.3, -0.25) is 4.79 Å². The van der Waals surface area contributed by atoms with Crippen molar-refractivity contribution in [2.24, 2.45) is 0 Å². The third-order valence-corrected chi connectivity index (χ3v) is 3.83. The van der Waals surface area contributed by atoms with Gasteiger partial charge in [-0.25, -0.2) is 9.78 Å². The number of carbonyl (C=O) groups is 2. The summed E-state index contributed by atoms with van der Waals surface area (Å²) < 4.78 is 0.628. The molecule has 0 unspecified atom stereocenters. The molecule has 98 valence electrons. The Morgan fingerprint density at radius 1 is 1.42 bits per heavy atom. The maximum atomic E-state index is 11.9. The number of carbonyl (C=O) groups excluding carboxylic acids is 1. The lowest BCUT2D eigenvalue weighted by Crippen LogP contribution is -2.12. The smallest absolute Gasteiger partial charge is 0.355 e. The lowest BCUT2D eigenvalue weighted by atomic mass is 10.3. The summed E-state index contributed by atoms with van der Waals surface area (Å²) >= 11 is 10.0. The lowest BCUT2D eigenvalue weighted by molar-refractivity contribution is 0.0691. The molecule has 1 amide bonds. The number of nitrogens with one attached hydrogen (secondary N) is 1. The van der Waals surface area contributed by atoms with Gasteiger partial charge in [0, 0.05) is 14.9 Å². The molecule has 5 nitrogen and oxygen atoms in total. The molecule has 1 aromatic carbocycles. The summed E-state index contributed by atoms with van der Waals surface area (Å²) in [4.78, 5) is 26.3. The van der Waals surface area contributed by atoms with Gasteiger partial charge >= 0.3 is 5.97 Å². The molecule has 0 aliphatic carbocycles. The number of amides is 1. The van der Waals surface area contributed by atoms with Gasteiger partial charge in [-0.15, -0.1) is 11.3 Å². The molecule has 0 atom stereocenters. The quantitative estimate of drug-likeness (QED) is 0.877. The number of hydrogen-bond acceptors (Lipinski definition) is 4. The summed E-state index contributed by atoms with van der Waals surface area (Å²) in [5, 5.41) is 13.3. The van der Waals surface area contributed by atoms with E-state index < -0.39 is 11.9 Å². The van der Waals surface area contributed by atoms with Crippen molar-refractivity contribution in [3.05, 3.63) is 43.8 Å². The van der Waals surface area contributed by atoms with Gasteiger partial charge in [0.2, 0.25) is 0 Å². The molecule has 0 aliphatic heterocycles. The van der Waals surface area contributed by atoms with Gasteiger partial charge in [-0.05, 0) is 34.1 Å². The predicted octanol–water partition coefficient (Wildman–Crippen LogP) is 3.51. The third kappa shape index (κ3) is 3.31. The summed E-state index contributed by atoms with van der Waals surface area (Å²) in [6.07, 6.45) is 0. The van der Waals surface area contributed by atoms with E-state index in [2.05, 4.69) is 26.2 Å². The molecule has 19 heavy (non-hydrogen) atoms. The van der Waals surface area contributed by atoms with Crippen molar-refractivity contribution in [3.63, 3.8) is 0 Å². The van der Waals surface area contributed by atoms with Crippen LogP contribution in [-0.2, 0) is 0 Å². The summed E-state index contributed by atoms with van der Waals surface area (Å²) in [6.45, 7) is 0. The van der Waals surface area contributed by atoms with Crippen molar-refractivity contribution in [2.75, 3.05) is 5.32 Å². The van der Waals surface area contributed by atoms with Crippen molar-refractivity contribution in [1.29, 1.82) is 0 Å². The standard InChI is InChI=1S/C11H6BrClN2O3S/c12-6-3-5(13)1-2-7(6)14-9(16)10-15-8(4-19-10)11(17)18/h1-4H,(H,14,16)(H,17,18). The Hall–Kier alpha value is -1.44. The van der Waals surface area contributed by atoms with Crippen LogP contribution in [0.3, 0.4) is 0 Å². The molecular formula is C11H6BrClN2O3S. The number of aromatic nitrogens is 1. The fraction of sp³-hybridized carbons (Fsp3) is 0. The van der Waals surface area contributed by atoms with E-state index in [0.717, 1.165) is 11.3 Å². The van der Waals surface area contributed by atoms with E-state index >= 15 is 0 Å². The van der Waals surface area contributed by atoms with Crippen LogP contribution in [0, 0.1) is 0 Å². The Bertz CT molecular complexity index is 659. The van der Waals surface area contributed by atoms with Crippen molar-refractivity contribution in [2.45, 2.75) is 0 Å². The second-order valence-corrected chi connectivity index (χ2v) is 5.57. The van der Waals surface area contributed by atoms with E-state index in [0.29, 0.717) is 15.2 Å². The first-order chi connectivity index (χ1) is 8.97. The highest BCUT2D eigenvalue weighted by atomic mass is 79.9. The molecule has 0 saturated carbocycles. The SMILES string of the molecule is O=C(O)c1csc(C(=O)Nc2ccc(Cl)cc2Br)n1. The highest BCUT2D eigenvalue weighted by Crippen LogP contribution is 2.26. The van der Waals surface area contributed by atoms with E-state index in [9.17, 15) is 9.59 Å². The van der Waals surface area contributed by atoms with Crippen LogP contribution in [-0.4, -0.2) is 22.0 Å². The molecule has 8 heteroatoms. The molecule has 0 spiro atoms. The Balaban J connectivity index is 2.18. The molecule has 1 heterocycles. The molecule has 2 rings (SSSR count). The minimum absolute atomic E-state index is 0.0826. The fourth-order valence-corrected chi connectivity index (χ4v) is 2.71. The first kappa shape index (κ1) is 14.0. The van der Waals surface area contributed by atoms with E-state index in [-0.39, 0.29) is 10.7 Å². The number of rotatable bonds is 3. The van der Waals surface area contributed by atoms with Crippen molar-refractivity contribution in [3.8, 4) is 0 Å². The number of thiazole rings is 1. The Morgan fingerprint density at radius 2 is 2.16 bits per heavy atom. The zero-order valence-electron chi connectivity index (χ0n) is 9.18. The van der Waals surface area contributed by atoms with Gasteiger partial charge in [0.1, 0.15) is 0 Å². The first-order valence-corrected chi connectivity index (χ1v) is 6.97. The number of benzene rings is 1. The third-order valence-electron chi connectivity index (χ3n) is 2.10. The number of halogens is 2. The molecule has 0 fully saturated rings. The highest BCUT2D eigenvalue weighted by molar-refractivity contribution is 9.10. The predicted molar refractivity (Wildman–Crippen MR) is 76.2 cm³/mol. The van der Waals surface area contributed by atoms with Crippen LogP contribution >= 0.6 is 38.9 Å². The molecule has 0 aliphatic rings. The van der Waals surface area contributed by atoms with Crippen LogP contribution in [0.2, 0.25) is 5.02 Å². The lowest BCUT2D eigenvalue weighted by Gasteiger charge is -2.05. The Labute approximate surface area is 125 Å². The molecule has 2 aromatic rings. The molecule has 0 saturated heterocycles. The van der Waals surface area contributed by atoms with Crippen LogP contribution < -0.4 is 5.32 Å². The molecule has 2 N–H and O–H groups in total. The summed E-state index contributed by atoms with van der Waals surface area (Å²) in [6, 6.07) is 4.91. The first-order valence-electron chi connectivity index (χ1n) is 4.92. The van der Waals surface area contributed by atoms with Crippen LogP contribution in [0.5, 0.6) is 0 Å². The van der Waals surface area contributed by atoms with Gasteiger partial charge in [-0.1, -0.05) is 11.6 Å². The van der Waals surface area contributed by atoms with E-state index in [4.69, 9.17) is 16.7 Å². The van der Waals surface area contributed by atoms with Gasteiger partial charge in [0.15, 0.2) is 10.7 Å². The van der Waals surface area contributed by atoms with Crippen LogP contribution in [0.1, 0.15) is 20.3 Å². The van der Waals surface area contributed by atoms with Gasteiger partial charge in [0.05, 0.1) is 5.69 Å². The maximum Gasteiger partial charge on any atom is 0.355 e. The summed E-state index contributed by atoms with van der Waals surface area (Å²) in [7, 11) is 0. The average molecular weight is 362 g/mol. The van der Waals surface area contributed by atoms with E-state index in [1.807, 2.05) is 0 Å². The summed E-state index contributed by atoms with van der Waals surface area (Å²) in [5.41, 5.74) is 0.381. The maximum absolute atomic E-state index is 11.9. The number of hydrogen-bond donors (Lipinski definition) is 2. The zero-order valence-corrected chi connectivity index (χ0v) is 12.3. The number of anilines is 1. The second kappa shape index (κ2) is 5.68. The summed E-state index contributed by atoms with van der Waals surface area (Å²) in [5.74, 6) is -1.64. The topological polar surface area (TPSA) is 79.3 Å². The minimum atomic E-state index is -1.16. The number of carboxylic acid groups (broad SMARTS) is 1. The molecular weight excluding hydrogens is 356 g/mol. The van der Waals surface area contributed by atoms with Crippen molar-refractivity contribution >= 4 is 56.4 Å². The number of aromatic carboxylic acids is 1. The molecule has 1 aromatic heterocycles. The zero-order chi connectivity index (χ0) is 14.0. The number of carboxylic acids is 1. The largest absolute Gasteiger partial charge is 0.476 e. The van der Waals surface area contributed by atoms with Crippen molar-refractivity contribution in [1.82, 2.24) is 4.98 Å². The monoisotopic (exact) mass is 360 g/mol. The van der Waals surface area contributed by atoms with Crippen LogP contribution in [0.15, 0.2) is 28.1 Å². The van der Waals surface area contributed by atoms with Gasteiger partial charge in [-0.2, -0.15) is 0 Å². The fourth-order valence-electron chi connectivity index (χ4n) is 1.24. The molecule has 0 radical (unpaired) electrons. The Morgan fingerprint density at radius 3 is 2.74 bits per heavy atom. The van der Waals surface area contributed by atoms with Crippen molar-refractivity contribution < 1.29 is 14.7 Å². The van der Waals surface area contributed by atoms with Crippen LogP contribution in [0.4, 0.5) is 5.69 Å². The minimum Gasteiger partial charge on any atom is -0.476 e. The normalized spacial score (nSPS) is 10.2. The average Bonchev–Trinajstić information content (AvgIpc) is 2.82. The van der Waals surface area contributed by atoms with E-state index in [1.54, 1.807) is 18.2 Å².